The number of nitrogens with one attached hydrogen (secondary N) is 2. The number of halogens is 1. The zero-order chi connectivity index (χ0) is 15.6. The second-order valence-corrected chi connectivity index (χ2v) is 6.73. The Labute approximate surface area is 125 Å². The Balaban J connectivity index is 2.35. The molecule has 2 aromatic rings. The highest BCUT2D eigenvalue weighted by atomic mass is 35.5. The molecule has 0 bridgehead atoms. The Morgan fingerprint density at radius 1 is 1.24 bits per heavy atom. The summed E-state index contributed by atoms with van der Waals surface area (Å²) in [5.74, 6) is -0.561. The molecule has 2 rings (SSSR count). The van der Waals surface area contributed by atoms with E-state index in [2.05, 4.69) is 10.3 Å². The number of sulfone groups is 1. The van der Waals surface area contributed by atoms with Crippen LogP contribution in [-0.2, 0) is 9.84 Å². The van der Waals surface area contributed by atoms with Gasteiger partial charge in [-0.1, -0.05) is 11.6 Å². The third-order valence-corrected chi connectivity index (χ3v) is 4.09. The van der Waals surface area contributed by atoms with Crippen molar-refractivity contribution in [3.05, 3.63) is 57.5 Å². The van der Waals surface area contributed by atoms with Crippen molar-refractivity contribution in [3.63, 3.8) is 0 Å². The van der Waals surface area contributed by atoms with Gasteiger partial charge in [0.15, 0.2) is 9.84 Å². The van der Waals surface area contributed by atoms with Crippen LogP contribution in [0.4, 0.5) is 5.69 Å². The molecule has 6 nitrogen and oxygen atoms in total. The molecule has 0 aliphatic rings. The van der Waals surface area contributed by atoms with Gasteiger partial charge < -0.3 is 10.3 Å². The van der Waals surface area contributed by atoms with Crippen molar-refractivity contribution in [1.29, 1.82) is 0 Å². The summed E-state index contributed by atoms with van der Waals surface area (Å²) in [6, 6.07) is 6.54. The Morgan fingerprint density at radius 3 is 2.57 bits per heavy atom. The smallest absolute Gasteiger partial charge is 0.255 e. The number of pyridine rings is 1. The van der Waals surface area contributed by atoms with E-state index in [1.807, 2.05) is 0 Å². The molecule has 0 saturated heterocycles. The number of H-pyrrole nitrogens is 1. The van der Waals surface area contributed by atoms with E-state index in [1.54, 1.807) is 0 Å². The maximum atomic E-state index is 12.0. The number of aromatic amines is 1. The molecule has 0 atom stereocenters. The molecule has 1 amide bonds. The molecule has 0 radical (unpaired) electrons. The van der Waals surface area contributed by atoms with Crippen LogP contribution in [0, 0.1) is 0 Å². The average molecular weight is 327 g/mol. The first-order valence-corrected chi connectivity index (χ1v) is 8.04. The second kappa shape index (κ2) is 5.71. The van der Waals surface area contributed by atoms with E-state index in [4.69, 9.17) is 11.6 Å². The molecule has 0 fully saturated rings. The van der Waals surface area contributed by atoms with E-state index < -0.39 is 21.3 Å². The van der Waals surface area contributed by atoms with E-state index in [9.17, 15) is 18.0 Å². The fourth-order valence-electron chi connectivity index (χ4n) is 1.61. The van der Waals surface area contributed by atoms with Crippen molar-refractivity contribution < 1.29 is 13.2 Å². The van der Waals surface area contributed by atoms with Crippen LogP contribution in [0.3, 0.4) is 0 Å². The first-order valence-electron chi connectivity index (χ1n) is 5.77. The quantitative estimate of drug-likeness (QED) is 0.897. The average Bonchev–Trinajstić information content (AvgIpc) is 2.40. The zero-order valence-corrected chi connectivity index (χ0v) is 12.5. The number of amides is 1. The van der Waals surface area contributed by atoms with E-state index in [0.29, 0.717) is 0 Å². The molecule has 0 spiro atoms. The minimum atomic E-state index is -3.41. The van der Waals surface area contributed by atoms with Crippen LogP contribution in [0.15, 0.2) is 46.2 Å². The number of carbonyl (C=O) groups is 1. The monoisotopic (exact) mass is 326 g/mol. The number of benzene rings is 1. The third-order valence-electron chi connectivity index (χ3n) is 2.65. The largest absolute Gasteiger partial charge is 0.329 e. The van der Waals surface area contributed by atoms with Crippen molar-refractivity contribution >= 4 is 33.0 Å². The maximum absolute atomic E-state index is 12.0. The first-order chi connectivity index (χ1) is 9.77. The van der Waals surface area contributed by atoms with Crippen molar-refractivity contribution in [3.8, 4) is 0 Å². The van der Waals surface area contributed by atoms with Gasteiger partial charge in [-0.3, -0.25) is 9.59 Å². The highest BCUT2D eigenvalue weighted by Gasteiger charge is 2.13. The summed E-state index contributed by atoms with van der Waals surface area (Å²) in [6.45, 7) is 0. The van der Waals surface area contributed by atoms with Crippen LogP contribution in [0.5, 0.6) is 0 Å². The van der Waals surface area contributed by atoms with Crippen molar-refractivity contribution in [1.82, 2.24) is 4.98 Å². The predicted octanol–water partition coefficient (Wildman–Crippen LogP) is 1.68. The Morgan fingerprint density at radius 2 is 1.95 bits per heavy atom. The molecule has 0 aliphatic carbocycles. The van der Waals surface area contributed by atoms with Gasteiger partial charge in [0.05, 0.1) is 15.6 Å². The first kappa shape index (κ1) is 15.3. The van der Waals surface area contributed by atoms with Gasteiger partial charge in [-0.2, -0.15) is 0 Å². The van der Waals surface area contributed by atoms with E-state index in [0.717, 1.165) is 12.3 Å². The summed E-state index contributed by atoms with van der Waals surface area (Å²) >= 11 is 5.93. The van der Waals surface area contributed by atoms with E-state index in [-0.39, 0.29) is 21.2 Å². The minimum absolute atomic E-state index is 0.0353. The summed E-state index contributed by atoms with van der Waals surface area (Å²) in [7, 11) is -3.41. The molecule has 8 heteroatoms. The Kier molecular flexibility index (Phi) is 4.15. The lowest BCUT2D eigenvalue weighted by molar-refractivity contribution is 0.102. The molecule has 1 heterocycles. The number of anilines is 1. The van der Waals surface area contributed by atoms with E-state index in [1.165, 1.54) is 30.5 Å². The second-order valence-electron chi connectivity index (χ2n) is 4.31. The summed E-state index contributed by atoms with van der Waals surface area (Å²) in [5, 5.41) is 2.67. The fraction of sp³-hybridized carbons (Fsp3) is 0.0769. The van der Waals surface area contributed by atoms with Gasteiger partial charge in [-0.05, 0) is 24.3 Å². The molecule has 2 N–H and O–H groups in total. The van der Waals surface area contributed by atoms with Crippen molar-refractivity contribution in [2.75, 3.05) is 11.6 Å². The molecule has 110 valence electrons. The van der Waals surface area contributed by atoms with Crippen LogP contribution in [0.25, 0.3) is 0 Å². The molecule has 1 aromatic carbocycles. The lowest BCUT2D eigenvalue weighted by Gasteiger charge is -2.08. The van der Waals surface area contributed by atoms with Gasteiger partial charge in [0, 0.05) is 24.1 Å². The SMILES string of the molecule is CS(=O)(=O)c1ccc(Cl)c(NC(=O)c2cc[nH]c(=O)c2)c1. The number of rotatable bonds is 3. The van der Waals surface area contributed by atoms with Gasteiger partial charge in [-0.15, -0.1) is 0 Å². The number of hydrogen-bond donors (Lipinski definition) is 2. The number of carbonyl (C=O) groups excluding carboxylic acids is 1. The Hall–Kier alpha value is -2.12. The molecular weight excluding hydrogens is 316 g/mol. The van der Waals surface area contributed by atoms with Gasteiger partial charge in [-0.25, -0.2) is 8.42 Å². The maximum Gasteiger partial charge on any atom is 0.255 e. The van der Waals surface area contributed by atoms with Gasteiger partial charge in [0.1, 0.15) is 0 Å². The highest BCUT2D eigenvalue weighted by Crippen LogP contribution is 2.25. The molecule has 0 aliphatic heterocycles. The lowest BCUT2D eigenvalue weighted by atomic mass is 10.2. The lowest BCUT2D eigenvalue weighted by Crippen LogP contribution is -2.16. The van der Waals surface area contributed by atoms with E-state index >= 15 is 0 Å². The topological polar surface area (TPSA) is 96.1 Å². The van der Waals surface area contributed by atoms with Crippen LogP contribution in [0.1, 0.15) is 10.4 Å². The molecule has 0 unspecified atom stereocenters. The van der Waals surface area contributed by atoms with Crippen molar-refractivity contribution in [2.24, 2.45) is 0 Å². The van der Waals surface area contributed by atoms with Crippen LogP contribution >= 0.6 is 11.6 Å². The number of aromatic nitrogens is 1. The van der Waals surface area contributed by atoms with Crippen LogP contribution in [-0.4, -0.2) is 25.6 Å². The predicted molar refractivity (Wildman–Crippen MR) is 79.6 cm³/mol. The van der Waals surface area contributed by atoms with Crippen LogP contribution in [0.2, 0.25) is 5.02 Å². The fourth-order valence-corrected chi connectivity index (χ4v) is 2.42. The highest BCUT2D eigenvalue weighted by molar-refractivity contribution is 7.90. The normalized spacial score (nSPS) is 11.1. The standard InChI is InChI=1S/C13H11ClN2O4S/c1-21(19,20)9-2-3-10(14)11(7-9)16-13(18)8-4-5-15-12(17)6-8/h2-7H,1H3,(H,15,17)(H,16,18). The summed E-state index contributed by atoms with van der Waals surface area (Å²) in [5.41, 5.74) is -0.122. The Bertz CT molecular complexity index is 858. The zero-order valence-electron chi connectivity index (χ0n) is 10.9. The molecule has 1 aromatic heterocycles. The molecule has 0 saturated carbocycles. The van der Waals surface area contributed by atoms with Crippen molar-refractivity contribution in [2.45, 2.75) is 4.90 Å². The van der Waals surface area contributed by atoms with Gasteiger partial charge in [0.25, 0.3) is 5.91 Å². The summed E-state index contributed by atoms with van der Waals surface area (Å²) < 4.78 is 23.0. The number of hydrogen-bond acceptors (Lipinski definition) is 4. The third kappa shape index (κ3) is 3.71. The summed E-state index contributed by atoms with van der Waals surface area (Å²) in [4.78, 5) is 25.6. The summed E-state index contributed by atoms with van der Waals surface area (Å²) in [6.07, 6.45) is 2.39. The van der Waals surface area contributed by atoms with Crippen LogP contribution < -0.4 is 10.9 Å². The van der Waals surface area contributed by atoms with Gasteiger partial charge in [0.2, 0.25) is 5.56 Å². The molecule has 21 heavy (non-hydrogen) atoms. The van der Waals surface area contributed by atoms with Gasteiger partial charge >= 0.3 is 0 Å². The molecular formula is C13H11ClN2O4S. The minimum Gasteiger partial charge on any atom is -0.329 e.